The van der Waals surface area contributed by atoms with Crippen molar-refractivity contribution in [3.63, 3.8) is 0 Å². The molecule has 3 nitrogen and oxygen atoms in total. The third-order valence-electron chi connectivity index (χ3n) is 4.19. The zero-order valence-corrected chi connectivity index (χ0v) is 14.2. The summed E-state index contributed by atoms with van der Waals surface area (Å²) in [6.07, 6.45) is 6.02. The Morgan fingerprint density at radius 3 is 2.48 bits per heavy atom. The lowest BCUT2D eigenvalue weighted by atomic mass is 10.1. The average Bonchev–Trinajstić information content (AvgIpc) is 2.62. The van der Waals surface area contributed by atoms with E-state index in [2.05, 4.69) is 27.4 Å². The van der Waals surface area contributed by atoms with Gasteiger partial charge in [-0.3, -0.25) is 9.97 Å². The van der Waals surface area contributed by atoms with Crippen LogP contribution in [-0.2, 0) is 12.8 Å². The van der Waals surface area contributed by atoms with Crippen molar-refractivity contribution >= 4 is 11.0 Å². The van der Waals surface area contributed by atoms with Crippen LogP contribution in [0, 0.1) is 11.6 Å². The Labute approximate surface area is 146 Å². The van der Waals surface area contributed by atoms with Gasteiger partial charge in [-0.2, -0.15) is 0 Å². The minimum absolute atomic E-state index is 0.201. The fraction of sp³-hybridized carbons (Fsp3) is 0.300. The molecule has 0 fully saturated rings. The van der Waals surface area contributed by atoms with Crippen LogP contribution in [0.1, 0.15) is 24.5 Å². The number of hydrogen-bond acceptors (Lipinski definition) is 3. The van der Waals surface area contributed by atoms with E-state index in [-0.39, 0.29) is 6.04 Å². The lowest BCUT2D eigenvalue weighted by Crippen LogP contribution is -2.29. The second kappa shape index (κ2) is 8.12. The van der Waals surface area contributed by atoms with Crippen molar-refractivity contribution in [3.05, 3.63) is 71.6 Å². The van der Waals surface area contributed by atoms with Crippen molar-refractivity contribution < 1.29 is 8.78 Å². The van der Waals surface area contributed by atoms with Crippen LogP contribution in [0.15, 0.2) is 48.8 Å². The summed E-state index contributed by atoms with van der Waals surface area (Å²) >= 11 is 0. The minimum atomic E-state index is -0.801. The average molecular weight is 341 g/mol. The molecule has 0 bridgehead atoms. The van der Waals surface area contributed by atoms with E-state index in [1.165, 1.54) is 17.7 Å². The van der Waals surface area contributed by atoms with Crippen LogP contribution in [0.3, 0.4) is 0 Å². The smallest absolute Gasteiger partial charge is 0.159 e. The third-order valence-corrected chi connectivity index (χ3v) is 4.19. The highest BCUT2D eigenvalue weighted by Crippen LogP contribution is 2.13. The van der Waals surface area contributed by atoms with Crippen molar-refractivity contribution in [1.82, 2.24) is 15.3 Å². The van der Waals surface area contributed by atoms with E-state index in [9.17, 15) is 8.78 Å². The predicted molar refractivity (Wildman–Crippen MR) is 95.4 cm³/mol. The second-order valence-electron chi connectivity index (χ2n) is 6.29. The van der Waals surface area contributed by atoms with Crippen LogP contribution in [0.2, 0.25) is 0 Å². The molecule has 1 heterocycles. The van der Waals surface area contributed by atoms with Gasteiger partial charge in [-0.15, -0.1) is 0 Å². The van der Waals surface area contributed by atoms with Crippen molar-refractivity contribution in [2.75, 3.05) is 6.54 Å². The van der Waals surface area contributed by atoms with Crippen molar-refractivity contribution in [3.8, 4) is 0 Å². The van der Waals surface area contributed by atoms with Crippen molar-refractivity contribution in [2.45, 2.75) is 32.2 Å². The molecule has 5 heteroatoms. The molecule has 1 atom stereocenters. The second-order valence-corrected chi connectivity index (χ2v) is 6.29. The minimum Gasteiger partial charge on any atom is -0.314 e. The summed E-state index contributed by atoms with van der Waals surface area (Å²) in [5.41, 5.74) is 3.86. The van der Waals surface area contributed by atoms with Crippen LogP contribution in [0.25, 0.3) is 11.0 Å². The quantitative estimate of drug-likeness (QED) is 0.659. The summed E-state index contributed by atoms with van der Waals surface area (Å²) in [6.45, 7) is 2.91. The number of nitrogens with one attached hydrogen (secondary N) is 1. The third kappa shape index (κ3) is 4.79. The molecule has 1 aromatic heterocycles. The maximum atomic E-state index is 13.2. The Bertz CT molecular complexity index is 851. The van der Waals surface area contributed by atoms with E-state index in [1.807, 2.05) is 13.0 Å². The largest absolute Gasteiger partial charge is 0.314 e. The van der Waals surface area contributed by atoms with Gasteiger partial charge in [0.1, 0.15) is 0 Å². The highest BCUT2D eigenvalue weighted by atomic mass is 19.2. The molecule has 0 radical (unpaired) electrons. The predicted octanol–water partition coefficient (Wildman–Crippen LogP) is 4.06. The topological polar surface area (TPSA) is 37.8 Å². The van der Waals surface area contributed by atoms with Crippen molar-refractivity contribution in [1.29, 1.82) is 0 Å². The number of halogens is 2. The molecule has 25 heavy (non-hydrogen) atoms. The Kier molecular flexibility index (Phi) is 5.66. The fourth-order valence-electron chi connectivity index (χ4n) is 2.90. The maximum Gasteiger partial charge on any atom is 0.159 e. The Morgan fingerprint density at radius 2 is 1.68 bits per heavy atom. The highest BCUT2D eigenvalue weighted by Gasteiger charge is 2.07. The van der Waals surface area contributed by atoms with Gasteiger partial charge in [-0.25, -0.2) is 8.78 Å². The molecule has 3 aromatic rings. The summed E-state index contributed by atoms with van der Waals surface area (Å²) in [5.74, 6) is -1.59. The van der Waals surface area contributed by atoms with E-state index in [0.29, 0.717) is 6.42 Å². The summed E-state index contributed by atoms with van der Waals surface area (Å²) in [7, 11) is 0. The highest BCUT2D eigenvalue weighted by molar-refractivity contribution is 5.74. The number of aromatic nitrogens is 2. The van der Waals surface area contributed by atoms with Gasteiger partial charge < -0.3 is 5.32 Å². The van der Waals surface area contributed by atoms with Gasteiger partial charge in [0, 0.05) is 18.4 Å². The van der Waals surface area contributed by atoms with Crippen LogP contribution in [0.5, 0.6) is 0 Å². The van der Waals surface area contributed by atoms with Crippen LogP contribution < -0.4 is 5.32 Å². The lowest BCUT2D eigenvalue weighted by Gasteiger charge is -2.14. The molecule has 3 rings (SSSR count). The van der Waals surface area contributed by atoms with Gasteiger partial charge >= 0.3 is 0 Å². The summed E-state index contributed by atoms with van der Waals surface area (Å²) in [5, 5.41) is 3.43. The van der Waals surface area contributed by atoms with E-state index in [4.69, 9.17) is 0 Å². The van der Waals surface area contributed by atoms with Crippen LogP contribution in [-0.4, -0.2) is 22.6 Å². The summed E-state index contributed by atoms with van der Waals surface area (Å²) < 4.78 is 26.2. The molecule has 0 aliphatic rings. The molecule has 0 saturated heterocycles. The standard InChI is InChI=1S/C20H21F2N3/c1-14(11-16-4-6-17(21)18(22)12-16)23-8-2-3-15-5-7-19-20(13-15)25-10-9-24-19/h4-7,9-10,12-14,23H,2-3,8,11H2,1H3. The monoisotopic (exact) mass is 341 g/mol. The van der Waals surface area contributed by atoms with E-state index in [1.54, 1.807) is 18.5 Å². The van der Waals surface area contributed by atoms with Gasteiger partial charge in [-0.1, -0.05) is 12.1 Å². The maximum absolute atomic E-state index is 13.2. The molecule has 1 unspecified atom stereocenters. The number of fused-ring (bicyclic) bond motifs is 1. The molecule has 0 aliphatic carbocycles. The van der Waals surface area contributed by atoms with Gasteiger partial charge in [0.2, 0.25) is 0 Å². The first-order valence-electron chi connectivity index (χ1n) is 8.49. The first-order chi connectivity index (χ1) is 12.1. The van der Waals surface area contributed by atoms with E-state index < -0.39 is 11.6 Å². The Balaban J connectivity index is 1.44. The van der Waals surface area contributed by atoms with Crippen LogP contribution >= 0.6 is 0 Å². The number of nitrogens with zero attached hydrogens (tertiary/aromatic N) is 2. The Morgan fingerprint density at radius 1 is 0.920 bits per heavy atom. The fourth-order valence-corrected chi connectivity index (χ4v) is 2.90. The van der Waals surface area contributed by atoms with Crippen LogP contribution in [0.4, 0.5) is 8.78 Å². The summed E-state index contributed by atoms with van der Waals surface area (Å²) in [4.78, 5) is 8.59. The number of hydrogen-bond donors (Lipinski definition) is 1. The molecule has 0 spiro atoms. The van der Waals surface area contributed by atoms with Gasteiger partial charge in [-0.05, 0) is 68.1 Å². The van der Waals surface area contributed by atoms with E-state index in [0.717, 1.165) is 36.0 Å². The van der Waals surface area contributed by atoms with Gasteiger partial charge in [0.25, 0.3) is 0 Å². The number of benzene rings is 2. The SMILES string of the molecule is CC(Cc1ccc(F)c(F)c1)NCCCc1ccc2nccnc2c1. The van der Waals surface area contributed by atoms with Crippen molar-refractivity contribution in [2.24, 2.45) is 0 Å². The molecule has 0 aliphatic heterocycles. The van der Waals surface area contributed by atoms with Gasteiger partial charge in [0.05, 0.1) is 11.0 Å². The first kappa shape index (κ1) is 17.4. The molecule has 2 aromatic carbocycles. The zero-order valence-electron chi connectivity index (χ0n) is 14.2. The lowest BCUT2D eigenvalue weighted by molar-refractivity contribution is 0.501. The van der Waals surface area contributed by atoms with Gasteiger partial charge in [0.15, 0.2) is 11.6 Å². The molecular weight excluding hydrogens is 320 g/mol. The molecule has 1 N–H and O–H groups in total. The number of aryl methyl sites for hydroxylation is 1. The molecule has 130 valence electrons. The molecule has 0 amide bonds. The van der Waals surface area contributed by atoms with E-state index >= 15 is 0 Å². The molecular formula is C20H21F2N3. The number of rotatable bonds is 7. The molecule has 0 saturated carbocycles. The zero-order chi connectivity index (χ0) is 17.6. The summed E-state index contributed by atoms with van der Waals surface area (Å²) in [6, 6.07) is 10.4. The Hall–Kier alpha value is -2.40. The normalized spacial score (nSPS) is 12.4. The first-order valence-corrected chi connectivity index (χ1v) is 8.49.